The Balaban J connectivity index is 1.68. The third kappa shape index (κ3) is 3.43. The molecule has 3 aromatic heterocycles. The molecule has 148 valence electrons. The zero-order valence-electron chi connectivity index (χ0n) is 16.8. The third-order valence-electron chi connectivity index (χ3n) is 5.20. The van der Waals surface area contributed by atoms with E-state index < -0.39 is 0 Å². The van der Waals surface area contributed by atoms with E-state index in [9.17, 15) is 0 Å². The first kappa shape index (κ1) is 18.7. The molecule has 0 radical (unpaired) electrons. The Hall–Kier alpha value is -3.27. The van der Waals surface area contributed by atoms with Gasteiger partial charge in [0.1, 0.15) is 16.9 Å². The van der Waals surface area contributed by atoms with E-state index in [-0.39, 0.29) is 6.10 Å². The molecule has 6 heteroatoms. The summed E-state index contributed by atoms with van der Waals surface area (Å²) in [6.07, 6.45) is 4.24. The molecule has 1 aliphatic heterocycles. The van der Waals surface area contributed by atoms with Gasteiger partial charge in [0.2, 0.25) is 0 Å². The van der Waals surface area contributed by atoms with Gasteiger partial charge in [-0.1, -0.05) is 42.2 Å². The molecular formula is C24H20N4OS. The topological polar surface area (TPSA) is 52.8 Å². The summed E-state index contributed by atoms with van der Waals surface area (Å²) in [4.78, 5) is 5.21. The van der Waals surface area contributed by atoms with Crippen LogP contribution in [0.4, 0.5) is 0 Å². The smallest absolute Gasteiger partial charge is 0.167 e. The summed E-state index contributed by atoms with van der Waals surface area (Å²) in [6.45, 7) is 4.54. The lowest BCUT2D eigenvalue weighted by molar-refractivity contribution is 0.0493. The Morgan fingerprint density at radius 3 is 2.80 bits per heavy atom. The van der Waals surface area contributed by atoms with Crippen molar-refractivity contribution in [3.63, 3.8) is 0 Å². The van der Waals surface area contributed by atoms with Gasteiger partial charge in [-0.2, -0.15) is 0 Å². The van der Waals surface area contributed by atoms with Gasteiger partial charge in [-0.25, -0.2) is 0 Å². The Labute approximate surface area is 179 Å². The maximum Gasteiger partial charge on any atom is 0.167 e. The van der Waals surface area contributed by atoms with Crippen molar-refractivity contribution in [3.05, 3.63) is 93.6 Å². The summed E-state index contributed by atoms with van der Waals surface area (Å²) in [5.41, 5.74) is 4.54. The van der Waals surface area contributed by atoms with E-state index in [1.807, 2.05) is 32.0 Å². The van der Waals surface area contributed by atoms with Crippen LogP contribution in [-0.4, -0.2) is 19.7 Å². The van der Waals surface area contributed by atoms with Crippen molar-refractivity contribution in [1.29, 1.82) is 0 Å². The van der Waals surface area contributed by atoms with Gasteiger partial charge in [0.05, 0.1) is 11.5 Å². The fraction of sp³-hybridized carbons (Fsp3) is 0.208. The fourth-order valence-corrected chi connectivity index (χ4v) is 4.88. The number of aromatic nitrogens is 4. The second-order valence-electron chi connectivity index (χ2n) is 7.24. The summed E-state index contributed by atoms with van der Waals surface area (Å²) in [5, 5.41) is 9.77. The van der Waals surface area contributed by atoms with Gasteiger partial charge in [0.25, 0.3) is 0 Å². The maximum atomic E-state index is 6.15. The molecule has 0 amide bonds. The van der Waals surface area contributed by atoms with E-state index in [1.165, 1.54) is 16.7 Å². The number of hydrogen-bond acceptors (Lipinski definition) is 5. The standard InChI is InChI=1S/C24H20N4OS/c1-16-23-27-26-17(2)28(23)24-21(15-29-16)20(13-18-7-4-3-5-8-18)22(30-24)11-10-19-9-6-12-25-14-19/h3-9,12,14,16H,13,15H2,1-2H3/t16-/m0/s1. The van der Waals surface area contributed by atoms with Crippen molar-refractivity contribution < 1.29 is 4.74 Å². The van der Waals surface area contributed by atoms with E-state index in [0.29, 0.717) is 6.61 Å². The molecule has 1 aromatic carbocycles. The van der Waals surface area contributed by atoms with Crippen LogP contribution in [0.1, 0.15) is 51.8 Å². The van der Waals surface area contributed by atoms with Crippen molar-refractivity contribution in [3.8, 4) is 16.8 Å². The first-order valence-electron chi connectivity index (χ1n) is 9.85. The van der Waals surface area contributed by atoms with Crippen LogP contribution >= 0.6 is 11.3 Å². The monoisotopic (exact) mass is 412 g/mol. The van der Waals surface area contributed by atoms with Gasteiger partial charge >= 0.3 is 0 Å². The van der Waals surface area contributed by atoms with E-state index in [4.69, 9.17) is 4.74 Å². The highest BCUT2D eigenvalue weighted by Gasteiger charge is 2.28. The second-order valence-corrected chi connectivity index (χ2v) is 8.24. The molecule has 0 fully saturated rings. The SMILES string of the molecule is Cc1nnc2n1-c1sc(C#Cc3cccnc3)c(Cc3ccccc3)c1CO[C@H]2C. The number of nitrogens with zero attached hydrogens (tertiary/aromatic N) is 4. The number of rotatable bonds is 2. The van der Waals surface area contributed by atoms with Crippen LogP contribution in [0.2, 0.25) is 0 Å². The predicted molar refractivity (Wildman–Crippen MR) is 117 cm³/mol. The number of aryl methyl sites for hydroxylation is 1. The number of thiophene rings is 1. The molecule has 0 saturated carbocycles. The Morgan fingerprint density at radius 1 is 1.13 bits per heavy atom. The van der Waals surface area contributed by atoms with E-state index >= 15 is 0 Å². The molecule has 1 atom stereocenters. The van der Waals surface area contributed by atoms with Gasteiger partial charge in [-0.3, -0.25) is 9.55 Å². The van der Waals surface area contributed by atoms with Crippen molar-refractivity contribution in [2.75, 3.05) is 0 Å². The summed E-state index contributed by atoms with van der Waals surface area (Å²) in [5.74, 6) is 8.37. The van der Waals surface area contributed by atoms with Gasteiger partial charge < -0.3 is 4.74 Å². The lowest BCUT2D eigenvalue weighted by Gasteiger charge is -2.09. The minimum atomic E-state index is -0.111. The lowest BCUT2D eigenvalue weighted by atomic mass is 10.0. The van der Waals surface area contributed by atoms with Crippen molar-refractivity contribution in [2.45, 2.75) is 33.0 Å². The van der Waals surface area contributed by atoms with E-state index in [2.05, 4.69) is 55.9 Å². The quantitative estimate of drug-likeness (QED) is 0.451. The summed E-state index contributed by atoms with van der Waals surface area (Å²) in [7, 11) is 0. The molecule has 0 bridgehead atoms. The third-order valence-corrected chi connectivity index (χ3v) is 6.37. The molecule has 0 spiro atoms. The van der Waals surface area contributed by atoms with Crippen molar-refractivity contribution in [2.24, 2.45) is 0 Å². The van der Waals surface area contributed by atoms with E-state index in [0.717, 1.165) is 33.5 Å². The van der Waals surface area contributed by atoms with Crippen molar-refractivity contribution >= 4 is 11.3 Å². The molecule has 0 N–H and O–H groups in total. The van der Waals surface area contributed by atoms with Crippen molar-refractivity contribution in [1.82, 2.24) is 19.7 Å². The molecule has 5 rings (SSSR count). The first-order chi connectivity index (χ1) is 14.7. The average molecular weight is 413 g/mol. The van der Waals surface area contributed by atoms with E-state index in [1.54, 1.807) is 23.7 Å². The zero-order chi connectivity index (χ0) is 20.5. The Morgan fingerprint density at radius 2 is 2.00 bits per heavy atom. The van der Waals surface area contributed by atoms with Gasteiger partial charge in [0.15, 0.2) is 5.82 Å². The number of hydrogen-bond donors (Lipinski definition) is 0. The highest BCUT2D eigenvalue weighted by Crippen LogP contribution is 2.39. The summed E-state index contributed by atoms with van der Waals surface area (Å²) >= 11 is 1.69. The van der Waals surface area contributed by atoms with Gasteiger partial charge in [0, 0.05) is 23.5 Å². The minimum absolute atomic E-state index is 0.111. The molecule has 1 aliphatic rings. The zero-order valence-corrected chi connectivity index (χ0v) is 17.6. The molecule has 0 saturated heterocycles. The summed E-state index contributed by atoms with van der Waals surface area (Å²) in [6, 6.07) is 14.4. The molecule has 5 nitrogen and oxygen atoms in total. The van der Waals surface area contributed by atoms with Crippen LogP contribution in [0.15, 0.2) is 54.9 Å². The van der Waals surface area contributed by atoms with Crippen LogP contribution in [0.5, 0.6) is 0 Å². The number of fused-ring (bicyclic) bond motifs is 3. The lowest BCUT2D eigenvalue weighted by Crippen LogP contribution is -2.04. The first-order valence-corrected chi connectivity index (χ1v) is 10.7. The van der Waals surface area contributed by atoms with Crippen LogP contribution < -0.4 is 0 Å². The molecule has 30 heavy (non-hydrogen) atoms. The average Bonchev–Trinajstić information content (AvgIpc) is 3.28. The molecule has 0 aliphatic carbocycles. The molecule has 4 aromatic rings. The number of pyridine rings is 1. The molecule has 0 unspecified atom stereocenters. The number of benzene rings is 1. The van der Waals surface area contributed by atoms with Crippen LogP contribution in [0.25, 0.3) is 5.00 Å². The van der Waals surface area contributed by atoms with Crippen LogP contribution in [0, 0.1) is 18.8 Å². The predicted octanol–water partition coefficient (Wildman–Crippen LogP) is 4.61. The van der Waals surface area contributed by atoms with Crippen LogP contribution in [0.3, 0.4) is 0 Å². The number of ether oxygens (including phenoxy) is 1. The van der Waals surface area contributed by atoms with Crippen LogP contribution in [-0.2, 0) is 17.8 Å². The largest absolute Gasteiger partial charge is 0.366 e. The molecule has 4 heterocycles. The summed E-state index contributed by atoms with van der Waals surface area (Å²) < 4.78 is 8.28. The highest BCUT2D eigenvalue weighted by atomic mass is 32.1. The second kappa shape index (κ2) is 7.86. The minimum Gasteiger partial charge on any atom is -0.366 e. The normalized spacial score (nSPS) is 14.9. The van der Waals surface area contributed by atoms with Gasteiger partial charge in [-0.05, 0) is 43.5 Å². The highest BCUT2D eigenvalue weighted by molar-refractivity contribution is 7.15. The molecular weight excluding hydrogens is 392 g/mol. The fourth-order valence-electron chi connectivity index (χ4n) is 3.64. The Bertz CT molecular complexity index is 1250. The Kier molecular flexibility index (Phi) is 4.91. The maximum absolute atomic E-state index is 6.15. The van der Waals surface area contributed by atoms with Gasteiger partial charge in [-0.15, -0.1) is 21.5 Å².